The van der Waals surface area contributed by atoms with E-state index >= 15 is 0 Å². The van der Waals surface area contributed by atoms with E-state index in [9.17, 15) is 0 Å². The van der Waals surface area contributed by atoms with Crippen LogP contribution in [0.15, 0.2) is 0 Å². The van der Waals surface area contributed by atoms with Gasteiger partial charge >= 0.3 is 0 Å². The Morgan fingerprint density at radius 3 is 2.88 bits per heavy atom. The molecular formula is C12H27N3O. The summed E-state index contributed by atoms with van der Waals surface area (Å²) in [6.45, 7) is 9.46. The van der Waals surface area contributed by atoms with E-state index < -0.39 is 0 Å². The maximum Gasteiger partial charge on any atom is 0.0594 e. The van der Waals surface area contributed by atoms with Gasteiger partial charge in [0.25, 0.3) is 0 Å². The molecule has 96 valence electrons. The molecule has 0 aliphatic carbocycles. The second kappa shape index (κ2) is 8.01. The van der Waals surface area contributed by atoms with Crippen LogP contribution in [0.25, 0.3) is 0 Å². The smallest absolute Gasteiger partial charge is 0.0594 e. The van der Waals surface area contributed by atoms with Gasteiger partial charge < -0.3 is 15.0 Å². The van der Waals surface area contributed by atoms with E-state index in [1.807, 2.05) is 0 Å². The van der Waals surface area contributed by atoms with Crippen LogP contribution < -0.4 is 5.32 Å². The Bertz CT molecular complexity index is 176. The van der Waals surface area contributed by atoms with Gasteiger partial charge in [0.05, 0.1) is 13.2 Å². The molecule has 1 aliphatic rings. The Morgan fingerprint density at radius 1 is 1.38 bits per heavy atom. The van der Waals surface area contributed by atoms with Gasteiger partial charge in [-0.05, 0) is 33.6 Å². The quantitative estimate of drug-likeness (QED) is 0.604. The lowest BCUT2D eigenvalue weighted by Crippen LogP contribution is -2.33. The van der Waals surface area contributed by atoms with E-state index in [0.717, 1.165) is 32.8 Å². The van der Waals surface area contributed by atoms with Crippen molar-refractivity contribution in [2.24, 2.45) is 0 Å². The fraction of sp³-hybridized carbons (Fsp3) is 1.00. The van der Waals surface area contributed by atoms with Gasteiger partial charge in [-0.15, -0.1) is 0 Å². The van der Waals surface area contributed by atoms with Crippen molar-refractivity contribution in [2.45, 2.75) is 19.4 Å². The Balaban J connectivity index is 1.94. The Labute approximate surface area is 99.9 Å². The van der Waals surface area contributed by atoms with Gasteiger partial charge in [-0.25, -0.2) is 0 Å². The molecule has 0 aromatic carbocycles. The molecule has 0 saturated carbocycles. The first-order chi connectivity index (χ1) is 7.72. The number of hydrogen-bond acceptors (Lipinski definition) is 4. The van der Waals surface area contributed by atoms with E-state index in [0.29, 0.717) is 6.04 Å². The molecule has 0 spiro atoms. The average Bonchev–Trinajstić information content (AvgIpc) is 2.65. The van der Waals surface area contributed by atoms with Crippen LogP contribution in [0.2, 0.25) is 0 Å². The summed E-state index contributed by atoms with van der Waals surface area (Å²) in [5, 5.41) is 3.50. The second-order valence-corrected chi connectivity index (χ2v) is 4.76. The molecule has 1 unspecified atom stereocenters. The van der Waals surface area contributed by atoms with Gasteiger partial charge in [0, 0.05) is 25.7 Å². The summed E-state index contributed by atoms with van der Waals surface area (Å²) >= 11 is 0. The highest BCUT2D eigenvalue weighted by atomic mass is 16.5. The SMILES string of the molecule is CCNC1CCN(CCOCCN(C)C)C1. The van der Waals surface area contributed by atoms with Gasteiger partial charge in [0.1, 0.15) is 0 Å². The minimum atomic E-state index is 0.701. The van der Waals surface area contributed by atoms with Crippen molar-refractivity contribution in [3.05, 3.63) is 0 Å². The van der Waals surface area contributed by atoms with Crippen LogP contribution in [0.3, 0.4) is 0 Å². The van der Waals surface area contributed by atoms with Crippen molar-refractivity contribution in [1.82, 2.24) is 15.1 Å². The number of likely N-dealkylation sites (N-methyl/N-ethyl adjacent to an activating group) is 2. The summed E-state index contributed by atoms with van der Waals surface area (Å²) in [6.07, 6.45) is 1.28. The van der Waals surface area contributed by atoms with E-state index in [2.05, 4.69) is 36.1 Å². The third-order valence-electron chi connectivity index (χ3n) is 3.00. The maximum atomic E-state index is 5.60. The third kappa shape index (κ3) is 5.80. The van der Waals surface area contributed by atoms with Crippen molar-refractivity contribution in [2.75, 3.05) is 60.0 Å². The average molecular weight is 229 g/mol. The van der Waals surface area contributed by atoms with E-state index in [1.165, 1.54) is 19.5 Å². The number of nitrogens with one attached hydrogen (secondary N) is 1. The number of hydrogen-bond donors (Lipinski definition) is 1. The lowest BCUT2D eigenvalue weighted by molar-refractivity contribution is 0.0979. The van der Waals surface area contributed by atoms with Crippen LogP contribution in [0.4, 0.5) is 0 Å². The summed E-state index contributed by atoms with van der Waals surface area (Å²) in [4.78, 5) is 4.64. The largest absolute Gasteiger partial charge is 0.379 e. The molecule has 0 bridgehead atoms. The van der Waals surface area contributed by atoms with E-state index in [1.54, 1.807) is 0 Å². The number of rotatable bonds is 8. The fourth-order valence-electron chi connectivity index (χ4n) is 2.03. The summed E-state index contributed by atoms with van der Waals surface area (Å²) in [7, 11) is 4.15. The highest BCUT2D eigenvalue weighted by molar-refractivity contribution is 4.80. The van der Waals surface area contributed by atoms with Gasteiger partial charge in [-0.2, -0.15) is 0 Å². The summed E-state index contributed by atoms with van der Waals surface area (Å²) in [5.74, 6) is 0. The van der Waals surface area contributed by atoms with Gasteiger partial charge in [0.15, 0.2) is 0 Å². The minimum Gasteiger partial charge on any atom is -0.379 e. The van der Waals surface area contributed by atoms with Gasteiger partial charge in [-0.1, -0.05) is 6.92 Å². The van der Waals surface area contributed by atoms with Crippen molar-refractivity contribution in [3.8, 4) is 0 Å². The first-order valence-corrected chi connectivity index (χ1v) is 6.40. The summed E-state index contributed by atoms with van der Waals surface area (Å²) in [6, 6.07) is 0.701. The molecule has 16 heavy (non-hydrogen) atoms. The molecule has 1 rings (SSSR count). The number of likely N-dealkylation sites (tertiary alicyclic amines) is 1. The zero-order valence-corrected chi connectivity index (χ0v) is 11.0. The van der Waals surface area contributed by atoms with Crippen molar-refractivity contribution in [1.29, 1.82) is 0 Å². The topological polar surface area (TPSA) is 27.7 Å². The predicted octanol–water partition coefficient (Wildman–Crippen LogP) is 0.248. The Morgan fingerprint density at radius 2 is 2.19 bits per heavy atom. The molecule has 0 amide bonds. The normalized spacial score (nSPS) is 22.1. The molecule has 1 N–H and O–H groups in total. The van der Waals surface area contributed by atoms with Crippen LogP contribution in [-0.4, -0.2) is 75.9 Å². The van der Waals surface area contributed by atoms with Crippen molar-refractivity contribution < 1.29 is 4.74 Å². The lowest BCUT2D eigenvalue weighted by Gasteiger charge is -2.16. The molecule has 1 heterocycles. The highest BCUT2D eigenvalue weighted by Crippen LogP contribution is 2.07. The molecule has 1 saturated heterocycles. The molecular weight excluding hydrogens is 202 g/mol. The molecule has 0 aromatic rings. The van der Waals surface area contributed by atoms with Gasteiger partial charge in [-0.3, -0.25) is 4.90 Å². The van der Waals surface area contributed by atoms with E-state index in [4.69, 9.17) is 4.74 Å². The zero-order chi connectivity index (χ0) is 11.8. The fourth-order valence-corrected chi connectivity index (χ4v) is 2.03. The third-order valence-corrected chi connectivity index (χ3v) is 3.00. The van der Waals surface area contributed by atoms with Crippen LogP contribution in [0.1, 0.15) is 13.3 Å². The second-order valence-electron chi connectivity index (χ2n) is 4.76. The first kappa shape index (κ1) is 13.9. The van der Waals surface area contributed by atoms with Crippen LogP contribution >= 0.6 is 0 Å². The molecule has 1 aliphatic heterocycles. The molecule has 0 radical (unpaired) electrons. The summed E-state index contributed by atoms with van der Waals surface area (Å²) < 4.78 is 5.60. The lowest BCUT2D eigenvalue weighted by atomic mass is 10.3. The van der Waals surface area contributed by atoms with Crippen LogP contribution in [-0.2, 0) is 4.74 Å². The monoisotopic (exact) mass is 229 g/mol. The van der Waals surface area contributed by atoms with Crippen LogP contribution in [0.5, 0.6) is 0 Å². The minimum absolute atomic E-state index is 0.701. The first-order valence-electron chi connectivity index (χ1n) is 6.40. The molecule has 4 heteroatoms. The Hall–Kier alpha value is -0.160. The van der Waals surface area contributed by atoms with Gasteiger partial charge in [0.2, 0.25) is 0 Å². The highest BCUT2D eigenvalue weighted by Gasteiger charge is 2.20. The molecule has 4 nitrogen and oxygen atoms in total. The number of ether oxygens (including phenoxy) is 1. The van der Waals surface area contributed by atoms with E-state index in [-0.39, 0.29) is 0 Å². The van der Waals surface area contributed by atoms with Crippen molar-refractivity contribution in [3.63, 3.8) is 0 Å². The maximum absolute atomic E-state index is 5.60. The molecule has 1 fully saturated rings. The zero-order valence-electron chi connectivity index (χ0n) is 11.0. The number of nitrogens with zero attached hydrogens (tertiary/aromatic N) is 2. The summed E-state index contributed by atoms with van der Waals surface area (Å²) in [5.41, 5.74) is 0. The predicted molar refractivity (Wildman–Crippen MR) is 67.9 cm³/mol. The van der Waals surface area contributed by atoms with Crippen molar-refractivity contribution >= 4 is 0 Å². The standard InChI is InChI=1S/C12H27N3O/c1-4-13-12-5-6-15(11-12)8-10-16-9-7-14(2)3/h12-13H,4-11H2,1-3H3. The Kier molecular flexibility index (Phi) is 6.96. The van der Waals surface area contributed by atoms with Crippen LogP contribution in [0, 0.1) is 0 Å². The molecule has 1 atom stereocenters. The molecule has 0 aromatic heterocycles.